The first-order chi connectivity index (χ1) is 12.3. The molecule has 1 aromatic heterocycles. The number of benzene rings is 1. The van der Waals surface area contributed by atoms with Gasteiger partial charge in [-0.1, -0.05) is 25.4 Å². The summed E-state index contributed by atoms with van der Waals surface area (Å²) in [7, 11) is 1.71. The van der Waals surface area contributed by atoms with Crippen LogP contribution in [-0.2, 0) is 11.3 Å². The molecule has 1 heterocycles. The van der Waals surface area contributed by atoms with Gasteiger partial charge in [-0.25, -0.2) is 0 Å². The molecule has 0 radical (unpaired) electrons. The molecule has 2 aromatic rings. The zero-order chi connectivity index (χ0) is 19.3. The summed E-state index contributed by atoms with van der Waals surface area (Å²) in [5.74, 6) is 1.34. The van der Waals surface area contributed by atoms with Crippen LogP contribution in [0.25, 0.3) is 0 Å². The number of nitrogens with zero attached hydrogens (tertiary/aromatic N) is 1. The van der Waals surface area contributed by atoms with Crippen LogP contribution in [0.4, 0.5) is 0 Å². The first-order valence-electron chi connectivity index (χ1n) is 8.63. The van der Waals surface area contributed by atoms with E-state index in [9.17, 15) is 9.59 Å². The molecule has 1 aromatic carbocycles. The van der Waals surface area contributed by atoms with Gasteiger partial charge in [0, 0.05) is 17.6 Å². The van der Waals surface area contributed by atoms with E-state index >= 15 is 0 Å². The van der Waals surface area contributed by atoms with Gasteiger partial charge in [-0.3, -0.25) is 9.59 Å². The Labute approximate surface area is 159 Å². The van der Waals surface area contributed by atoms with Crippen LogP contribution in [0.15, 0.2) is 40.8 Å². The van der Waals surface area contributed by atoms with Crippen molar-refractivity contribution in [3.05, 3.63) is 58.5 Å². The quantitative estimate of drug-likeness (QED) is 0.793. The summed E-state index contributed by atoms with van der Waals surface area (Å²) in [5, 5.41) is 3.41. The highest BCUT2D eigenvalue weighted by Crippen LogP contribution is 2.14. The molecule has 0 aliphatic rings. The molecule has 1 atom stereocenters. The van der Waals surface area contributed by atoms with Crippen LogP contribution in [0.1, 0.15) is 42.1 Å². The number of rotatable bonds is 7. The number of carbonyl (C=O) groups excluding carboxylic acids is 2. The molecule has 0 spiro atoms. The largest absolute Gasteiger partial charge is 0.464 e. The van der Waals surface area contributed by atoms with Crippen LogP contribution in [0, 0.1) is 12.8 Å². The fourth-order valence-electron chi connectivity index (χ4n) is 2.68. The van der Waals surface area contributed by atoms with Crippen molar-refractivity contribution in [3.8, 4) is 0 Å². The van der Waals surface area contributed by atoms with Gasteiger partial charge < -0.3 is 14.6 Å². The molecule has 6 heteroatoms. The molecule has 1 N–H and O–H groups in total. The molecule has 2 amide bonds. The minimum atomic E-state index is -0.598. The van der Waals surface area contributed by atoms with Crippen molar-refractivity contribution >= 4 is 23.4 Å². The normalized spacial score (nSPS) is 12.1. The lowest BCUT2D eigenvalue weighted by Gasteiger charge is -2.25. The number of hydrogen-bond donors (Lipinski definition) is 1. The van der Waals surface area contributed by atoms with Crippen LogP contribution in [0.2, 0.25) is 5.02 Å². The van der Waals surface area contributed by atoms with E-state index in [1.807, 2.05) is 32.9 Å². The summed E-state index contributed by atoms with van der Waals surface area (Å²) in [6.45, 7) is 6.26. The van der Waals surface area contributed by atoms with Crippen molar-refractivity contribution in [2.75, 3.05) is 7.05 Å². The van der Waals surface area contributed by atoms with Crippen LogP contribution >= 0.6 is 11.6 Å². The third-order valence-electron chi connectivity index (χ3n) is 3.98. The number of hydrogen-bond acceptors (Lipinski definition) is 3. The van der Waals surface area contributed by atoms with E-state index in [2.05, 4.69) is 5.32 Å². The second-order valence-electron chi connectivity index (χ2n) is 6.87. The molecule has 26 heavy (non-hydrogen) atoms. The number of furan rings is 1. The van der Waals surface area contributed by atoms with Crippen molar-refractivity contribution in [3.63, 3.8) is 0 Å². The minimum absolute atomic E-state index is 0.143. The van der Waals surface area contributed by atoms with Gasteiger partial charge in [0.15, 0.2) is 0 Å². The third kappa shape index (κ3) is 5.63. The molecule has 2 rings (SSSR count). The number of aryl methyl sites for hydroxylation is 1. The first-order valence-corrected chi connectivity index (χ1v) is 9.00. The zero-order valence-corrected chi connectivity index (χ0v) is 16.3. The van der Waals surface area contributed by atoms with E-state index in [-0.39, 0.29) is 17.7 Å². The maximum Gasteiger partial charge on any atom is 0.251 e. The molecule has 0 fully saturated rings. The average molecular weight is 377 g/mol. The SMILES string of the molecule is Cc1ccc(CN(C)C(=O)C(CC(C)C)NC(=O)c2ccc(Cl)cc2)o1. The number of halogens is 1. The number of carbonyl (C=O) groups is 2. The Kier molecular flexibility index (Phi) is 6.86. The number of nitrogens with one attached hydrogen (secondary N) is 1. The molecular formula is C20H25ClN2O3. The number of likely N-dealkylation sites (N-methyl/N-ethyl adjacent to an activating group) is 1. The molecule has 1 unspecified atom stereocenters. The summed E-state index contributed by atoms with van der Waals surface area (Å²) in [6, 6.07) is 9.71. The molecular weight excluding hydrogens is 352 g/mol. The topological polar surface area (TPSA) is 62.6 Å². The van der Waals surface area contributed by atoms with Gasteiger partial charge in [0.2, 0.25) is 5.91 Å². The van der Waals surface area contributed by atoms with Crippen molar-refractivity contribution in [1.29, 1.82) is 0 Å². The van der Waals surface area contributed by atoms with E-state index in [1.54, 1.807) is 36.2 Å². The maximum absolute atomic E-state index is 12.9. The lowest BCUT2D eigenvalue weighted by Crippen LogP contribution is -2.47. The predicted molar refractivity (Wildman–Crippen MR) is 102 cm³/mol. The average Bonchev–Trinajstić information content (AvgIpc) is 2.98. The van der Waals surface area contributed by atoms with Gasteiger partial charge in [0.05, 0.1) is 6.54 Å². The van der Waals surface area contributed by atoms with Crippen molar-refractivity contribution in [2.24, 2.45) is 5.92 Å². The summed E-state index contributed by atoms with van der Waals surface area (Å²) in [6.07, 6.45) is 0.555. The molecule has 5 nitrogen and oxygen atoms in total. The van der Waals surface area contributed by atoms with Crippen molar-refractivity contribution in [1.82, 2.24) is 10.2 Å². The fourth-order valence-corrected chi connectivity index (χ4v) is 2.81. The summed E-state index contributed by atoms with van der Waals surface area (Å²) in [5.41, 5.74) is 0.472. The fraction of sp³-hybridized carbons (Fsp3) is 0.400. The van der Waals surface area contributed by atoms with Crippen LogP contribution in [0.3, 0.4) is 0 Å². The smallest absolute Gasteiger partial charge is 0.251 e. The maximum atomic E-state index is 12.9. The lowest BCUT2D eigenvalue weighted by molar-refractivity contribution is -0.133. The lowest BCUT2D eigenvalue weighted by atomic mass is 10.0. The predicted octanol–water partition coefficient (Wildman–Crippen LogP) is 4.04. The Morgan fingerprint density at radius 1 is 1.15 bits per heavy atom. The van der Waals surface area contributed by atoms with Crippen LogP contribution in [0.5, 0.6) is 0 Å². The Morgan fingerprint density at radius 2 is 1.81 bits per heavy atom. The van der Waals surface area contributed by atoms with Gasteiger partial charge in [-0.2, -0.15) is 0 Å². The Bertz CT molecular complexity index is 753. The first kappa shape index (κ1) is 20.0. The highest BCUT2D eigenvalue weighted by atomic mass is 35.5. The van der Waals surface area contributed by atoms with Crippen molar-refractivity contribution in [2.45, 2.75) is 39.8 Å². The molecule has 0 saturated heterocycles. The van der Waals surface area contributed by atoms with Gasteiger partial charge in [-0.15, -0.1) is 0 Å². The molecule has 0 bridgehead atoms. The Balaban J connectivity index is 2.08. The van der Waals surface area contributed by atoms with Gasteiger partial charge in [-0.05, 0) is 55.7 Å². The van der Waals surface area contributed by atoms with Gasteiger partial charge in [0.1, 0.15) is 17.6 Å². The second-order valence-corrected chi connectivity index (χ2v) is 7.31. The highest BCUT2D eigenvalue weighted by Gasteiger charge is 2.26. The highest BCUT2D eigenvalue weighted by molar-refractivity contribution is 6.30. The standard InChI is InChI=1S/C20H25ClN2O3/c1-13(2)11-18(22-19(24)15-6-8-16(21)9-7-15)20(25)23(4)12-17-10-5-14(3)26-17/h5-10,13,18H,11-12H2,1-4H3,(H,22,24). The van der Waals surface area contributed by atoms with E-state index in [4.69, 9.17) is 16.0 Å². The van der Waals surface area contributed by atoms with E-state index < -0.39 is 6.04 Å². The third-order valence-corrected chi connectivity index (χ3v) is 4.23. The Hall–Kier alpha value is -2.27. The summed E-state index contributed by atoms with van der Waals surface area (Å²) in [4.78, 5) is 26.9. The van der Waals surface area contributed by atoms with Gasteiger partial charge in [0.25, 0.3) is 5.91 Å². The summed E-state index contributed by atoms with van der Waals surface area (Å²) < 4.78 is 5.53. The Morgan fingerprint density at radius 3 is 2.35 bits per heavy atom. The number of amides is 2. The zero-order valence-electron chi connectivity index (χ0n) is 15.6. The van der Waals surface area contributed by atoms with Crippen LogP contribution in [-0.4, -0.2) is 29.8 Å². The molecule has 0 aliphatic heterocycles. The van der Waals surface area contributed by atoms with Crippen LogP contribution < -0.4 is 5.32 Å². The van der Waals surface area contributed by atoms with E-state index in [1.165, 1.54) is 0 Å². The summed E-state index contributed by atoms with van der Waals surface area (Å²) >= 11 is 5.86. The van der Waals surface area contributed by atoms with E-state index in [0.717, 1.165) is 5.76 Å². The minimum Gasteiger partial charge on any atom is -0.464 e. The van der Waals surface area contributed by atoms with E-state index in [0.29, 0.717) is 29.3 Å². The van der Waals surface area contributed by atoms with Crippen molar-refractivity contribution < 1.29 is 14.0 Å². The monoisotopic (exact) mass is 376 g/mol. The molecule has 140 valence electrons. The second kappa shape index (κ2) is 8.90. The molecule has 0 saturated carbocycles. The van der Waals surface area contributed by atoms with Gasteiger partial charge >= 0.3 is 0 Å². The molecule has 0 aliphatic carbocycles.